The van der Waals surface area contributed by atoms with E-state index < -0.39 is 0 Å². The van der Waals surface area contributed by atoms with Crippen molar-refractivity contribution in [1.82, 2.24) is 5.32 Å². The number of nitrogens with one attached hydrogen (secondary N) is 1. The highest BCUT2D eigenvalue weighted by Gasteiger charge is 2.24. The van der Waals surface area contributed by atoms with Crippen molar-refractivity contribution in [3.8, 4) is 0 Å². The Kier molecular flexibility index (Phi) is 2.83. The van der Waals surface area contributed by atoms with Gasteiger partial charge in [-0.1, -0.05) is 29.3 Å². The third-order valence-electron chi connectivity index (χ3n) is 2.18. The maximum Gasteiger partial charge on any atom is 0.290 e. The monoisotopic (exact) mass is 233 g/mol. The lowest BCUT2D eigenvalue weighted by Crippen LogP contribution is -2.17. The van der Waals surface area contributed by atoms with Crippen LogP contribution in [0.25, 0.3) is 6.08 Å². The summed E-state index contributed by atoms with van der Waals surface area (Å²) < 4.78 is 0. The maximum atomic E-state index is 11.3. The Hall–Kier alpha value is -1.55. The summed E-state index contributed by atoms with van der Waals surface area (Å²) in [6.07, 6.45) is 1.74. The van der Waals surface area contributed by atoms with Crippen LogP contribution in [0.15, 0.2) is 23.1 Å². The highest BCUT2D eigenvalue weighted by atomic mass is 32.2. The Morgan fingerprint density at radius 1 is 1.12 bits per heavy atom. The molecule has 1 aromatic carbocycles. The molecule has 0 unspecified atom stereocenters. The lowest BCUT2D eigenvalue weighted by Gasteiger charge is -2.00. The summed E-state index contributed by atoms with van der Waals surface area (Å²) in [4.78, 5) is 22.8. The van der Waals surface area contributed by atoms with E-state index in [1.807, 2.05) is 26.0 Å². The highest BCUT2D eigenvalue weighted by molar-refractivity contribution is 8.18. The molecule has 2 amide bonds. The number of carbonyl (C=O) groups excluding carboxylic acids is 2. The van der Waals surface area contributed by atoms with Gasteiger partial charge in [0.05, 0.1) is 4.91 Å². The van der Waals surface area contributed by atoms with Crippen molar-refractivity contribution >= 4 is 29.0 Å². The minimum Gasteiger partial charge on any atom is -0.282 e. The zero-order valence-corrected chi connectivity index (χ0v) is 9.85. The normalized spacial score (nSPS) is 18.0. The fraction of sp³-hybridized carbons (Fsp3) is 0.167. The first-order valence-electron chi connectivity index (χ1n) is 4.88. The molecule has 0 bridgehead atoms. The Labute approximate surface area is 97.9 Å². The van der Waals surface area contributed by atoms with E-state index in [1.54, 1.807) is 6.08 Å². The van der Waals surface area contributed by atoms with Crippen LogP contribution in [0.2, 0.25) is 0 Å². The average molecular weight is 233 g/mol. The van der Waals surface area contributed by atoms with E-state index in [1.165, 1.54) is 0 Å². The molecule has 1 aliphatic heterocycles. The van der Waals surface area contributed by atoms with Crippen LogP contribution in [0, 0.1) is 13.8 Å². The Bertz CT molecular complexity index is 485. The molecule has 1 fully saturated rings. The van der Waals surface area contributed by atoms with Crippen LogP contribution in [0.1, 0.15) is 16.7 Å². The molecule has 2 rings (SSSR count). The van der Waals surface area contributed by atoms with Crippen LogP contribution in [0.3, 0.4) is 0 Å². The van der Waals surface area contributed by atoms with Crippen LogP contribution < -0.4 is 5.32 Å². The number of hydrogen-bond donors (Lipinski definition) is 1. The van der Waals surface area contributed by atoms with E-state index in [4.69, 9.17) is 0 Å². The molecule has 1 saturated heterocycles. The molecule has 1 aromatic rings. The fourth-order valence-corrected chi connectivity index (χ4v) is 2.35. The van der Waals surface area contributed by atoms with Crippen LogP contribution in [-0.2, 0) is 4.79 Å². The summed E-state index contributed by atoms with van der Waals surface area (Å²) in [5.74, 6) is -0.311. The molecular formula is C12H11NO2S. The van der Waals surface area contributed by atoms with E-state index in [9.17, 15) is 9.59 Å². The topological polar surface area (TPSA) is 46.2 Å². The van der Waals surface area contributed by atoms with Crippen molar-refractivity contribution in [1.29, 1.82) is 0 Å². The van der Waals surface area contributed by atoms with Crippen molar-refractivity contribution in [2.45, 2.75) is 13.8 Å². The zero-order valence-electron chi connectivity index (χ0n) is 9.03. The van der Waals surface area contributed by atoms with E-state index in [0.717, 1.165) is 28.5 Å². The first-order chi connectivity index (χ1) is 7.54. The number of hydrogen-bond acceptors (Lipinski definition) is 3. The molecule has 0 saturated carbocycles. The molecule has 16 heavy (non-hydrogen) atoms. The van der Waals surface area contributed by atoms with Gasteiger partial charge in [0.15, 0.2) is 0 Å². The van der Waals surface area contributed by atoms with Crippen molar-refractivity contribution in [2.24, 2.45) is 0 Å². The van der Waals surface area contributed by atoms with Crippen molar-refractivity contribution in [2.75, 3.05) is 0 Å². The second-order valence-electron chi connectivity index (χ2n) is 3.77. The van der Waals surface area contributed by atoms with Crippen molar-refractivity contribution in [3.63, 3.8) is 0 Å². The zero-order chi connectivity index (χ0) is 11.7. The fourth-order valence-electron chi connectivity index (χ4n) is 1.67. The molecule has 1 aliphatic rings. The first kappa shape index (κ1) is 11.0. The lowest BCUT2D eigenvalue weighted by atomic mass is 10.1. The second kappa shape index (κ2) is 4.14. The van der Waals surface area contributed by atoms with Gasteiger partial charge in [-0.2, -0.15) is 0 Å². The molecule has 82 valence electrons. The molecule has 1 N–H and O–H groups in total. The summed E-state index contributed by atoms with van der Waals surface area (Å²) in [6, 6.07) is 6.03. The van der Waals surface area contributed by atoms with Gasteiger partial charge in [0.1, 0.15) is 0 Å². The summed E-state index contributed by atoms with van der Waals surface area (Å²) in [7, 11) is 0. The maximum absolute atomic E-state index is 11.3. The number of aryl methyl sites for hydroxylation is 2. The minimum atomic E-state index is -0.311. The van der Waals surface area contributed by atoms with Crippen LogP contribution >= 0.6 is 11.8 Å². The SMILES string of the molecule is Cc1cc(C)cc(C=C2SC(=O)NC2=O)c1. The standard InChI is InChI=1S/C12H11NO2S/c1-7-3-8(2)5-9(4-7)6-10-11(14)13-12(15)16-10/h3-6H,1-2H3,(H,13,14,15). The molecule has 1 heterocycles. The Morgan fingerprint density at radius 3 is 2.25 bits per heavy atom. The molecular weight excluding hydrogens is 222 g/mol. The number of thioether (sulfide) groups is 1. The van der Waals surface area contributed by atoms with Gasteiger partial charge in [0, 0.05) is 0 Å². The first-order valence-corrected chi connectivity index (χ1v) is 5.69. The van der Waals surface area contributed by atoms with E-state index in [0.29, 0.717) is 4.91 Å². The third kappa shape index (κ3) is 2.33. The van der Waals surface area contributed by atoms with Gasteiger partial charge in [0.25, 0.3) is 11.1 Å². The molecule has 0 atom stereocenters. The molecule has 0 aliphatic carbocycles. The highest BCUT2D eigenvalue weighted by Crippen LogP contribution is 2.25. The van der Waals surface area contributed by atoms with Gasteiger partial charge in [0.2, 0.25) is 0 Å². The molecule has 4 heteroatoms. The number of rotatable bonds is 1. The van der Waals surface area contributed by atoms with Crippen LogP contribution in [-0.4, -0.2) is 11.1 Å². The van der Waals surface area contributed by atoms with Crippen molar-refractivity contribution < 1.29 is 9.59 Å². The summed E-state index contributed by atoms with van der Waals surface area (Å²) in [6.45, 7) is 4.00. The van der Waals surface area contributed by atoms with Gasteiger partial charge >= 0.3 is 0 Å². The van der Waals surface area contributed by atoms with E-state index in [2.05, 4.69) is 11.4 Å². The van der Waals surface area contributed by atoms with E-state index >= 15 is 0 Å². The van der Waals surface area contributed by atoms with Crippen LogP contribution in [0.5, 0.6) is 0 Å². The smallest absolute Gasteiger partial charge is 0.282 e. The average Bonchev–Trinajstić information content (AvgIpc) is 2.43. The van der Waals surface area contributed by atoms with Gasteiger partial charge in [-0.05, 0) is 37.2 Å². The Balaban J connectivity index is 2.36. The van der Waals surface area contributed by atoms with Gasteiger partial charge < -0.3 is 0 Å². The summed E-state index contributed by atoms with van der Waals surface area (Å²) in [5, 5.41) is 1.93. The lowest BCUT2D eigenvalue weighted by molar-refractivity contribution is -0.115. The number of benzene rings is 1. The van der Waals surface area contributed by atoms with Crippen LogP contribution in [0.4, 0.5) is 4.79 Å². The predicted octanol–water partition coefficient (Wildman–Crippen LogP) is 2.63. The largest absolute Gasteiger partial charge is 0.290 e. The summed E-state index contributed by atoms with van der Waals surface area (Å²) in [5.41, 5.74) is 3.23. The number of carbonyl (C=O) groups is 2. The molecule has 3 nitrogen and oxygen atoms in total. The van der Waals surface area contributed by atoms with Crippen molar-refractivity contribution in [3.05, 3.63) is 39.8 Å². The molecule has 0 aromatic heterocycles. The summed E-state index contributed by atoms with van der Waals surface area (Å²) >= 11 is 0.942. The van der Waals surface area contributed by atoms with Gasteiger partial charge in [-0.15, -0.1) is 0 Å². The third-order valence-corrected chi connectivity index (χ3v) is 2.99. The number of imide groups is 1. The van der Waals surface area contributed by atoms with Gasteiger partial charge in [-0.25, -0.2) is 0 Å². The quantitative estimate of drug-likeness (QED) is 0.758. The molecule has 0 spiro atoms. The van der Waals surface area contributed by atoms with E-state index in [-0.39, 0.29) is 11.1 Å². The molecule has 0 radical (unpaired) electrons. The minimum absolute atomic E-state index is 0.305. The predicted molar refractivity (Wildman–Crippen MR) is 65.0 cm³/mol. The Morgan fingerprint density at radius 2 is 1.75 bits per heavy atom. The second-order valence-corrected chi connectivity index (χ2v) is 4.79. The van der Waals surface area contributed by atoms with Gasteiger partial charge in [-0.3, -0.25) is 14.9 Å². The number of amides is 2.